The highest BCUT2D eigenvalue weighted by Crippen LogP contribution is 2.57. The van der Waals surface area contributed by atoms with Gasteiger partial charge in [0.2, 0.25) is 0 Å². The van der Waals surface area contributed by atoms with Crippen LogP contribution in [0.3, 0.4) is 0 Å². The van der Waals surface area contributed by atoms with E-state index >= 15 is 9.79 Å². The van der Waals surface area contributed by atoms with Gasteiger partial charge in [0.25, 0.3) is 11.1 Å². The van der Waals surface area contributed by atoms with Crippen molar-refractivity contribution in [2.45, 2.75) is 208 Å². The van der Waals surface area contributed by atoms with E-state index in [1.165, 1.54) is 86.9 Å². The van der Waals surface area contributed by atoms with Crippen molar-refractivity contribution in [2.24, 2.45) is 0 Å². The Kier molecular flexibility index (Phi) is 32.6. The summed E-state index contributed by atoms with van der Waals surface area (Å²) >= 11 is 38.4. The van der Waals surface area contributed by atoms with Gasteiger partial charge in [-0.05, 0) is 27.2 Å². The zero-order valence-electron chi connectivity index (χ0n) is 76.2. The Morgan fingerprint density at radius 2 is 0.603 bits per heavy atom. The number of nitrogen functional groups attached to an aromatic ring is 5. The van der Waals surface area contributed by atoms with Gasteiger partial charge in [-0.25, -0.2) is 74.2 Å². The van der Waals surface area contributed by atoms with Gasteiger partial charge in [0.05, 0.1) is 114 Å². The SMILES string of the molecule is CC[C@H]1O[C@@H](n2cc(C)c(=O)[nH]c2=O)CC1OP([O-])(=S)OC[C@H]1O[C@@H](n2cnc3c(N)ncnc32)CC1OP(=O)([S-])OC[C@H]1O[C@@H](n2cnc3c(N)ncnc32)CC1OP([O-])(=S)OC[C@H]1O[C@@H](n2cc(C)c(N)nc2=O)CC1OP([O-])(=S)OC[C@H]1O[C@@H](n2cnc3c(N)ncnc32)CC1OP([O-])(=S)OC[C@H]1O[C@@H](n2cnc3c(N)ncnc32)CC1OP([O-])(=S)OC[C@H]1O[C@@H](n2cc(C)c(=O)[nH]c2=O)CC1OP([O-])(=S)OC. The number of fused-ring (bicyclic) bond motifs is 4. The molecule has 0 radical (unpaired) electrons. The van der Waals surface area contributed by atoms with E-state index in [0.29, 0.717) is 12.0 Å². The maximum Gasteiger partial charge on any atom is 0.351 e. The number of hydrogen-bond acceptors (Lipinski definition) is 58. The van der Waals surface area contributed by atoms with Crippen molar-refractivity contribution in [1.29, 1.82) is 0 Å². The lowest BCUT2D eigenvalue weighted by Crippen LogP contribution is -2.34. The molecule has 7 fully saturated rings. The number of rotatable bonds is 41. The molecule has 7 aliphatic heterocycles. The van der Waals surface area contributed by atoms with Crippen LogP contribution in [0.4, 0.5) is 29.1 Å². The van der Waals surface area contributed by atoms with Gasteiger partial charge in [-0.15, -0.1) is 0 Å². The molecule has 792 valence electrons. The van der Waals surface area contributed by atoms with Crippen molar-refractivity contribution in [3.05, 3.63) is 138 Å². The van der Waals surface area contributed by atoms with Gasteiger partial charge in [-0.3, -0.25) is 56.1 Å². The topological polar surface area (TPSA) is 798 Å². The molecule has 12 N–H and O–H groups in total. The molecule has 28 atom stereocenters. The number of hydrogen-bond donors (Lipinski definition) is 7. The number of aromatic nitrogens is 22. The van der Waals surface area contributed by atoms with E-state index in [2.05, 4.69) is 74.8 Å². The molecule has 18 heterocycles. The molecular weight excluding hydrogens is 2210 g/mol. The van der Waals surface area contributed by atoms with Crippen LogP contribution < -0.4 is 86.2 Å². The number of nitrogens with two attached hydrogens (primary N) is 5. The summed E-state index contributed by atoms with van der Waals surface area (Å²) in [5.74, 6) is -0.162. The highest BCUT2D eigenvalue weighted by molar-refractivity contribution is 8.32. The summed E-state index contributed by atoms with van der Waals surface area (Å²) in [4.78, 5) is 210. The highest BCUT2D eigenvalue weighted by Gasteiger charge is 2.50. The van der Waals surface area contributed by atoms with Gasteiger partial charge in [0.15, 0.2) is 52.7 Å². The van der Waals surface area contributed by atoms with Gasteiger partial charge in [-0.2, -0.15) is 4.98 Å². The Bertz CT molecular complexity index is 7470. The van der Waals surface area contributed by atoms with Crippen LogP contribution >= 0.6 is 47.1 Å². The van der Waals surface area contributed by atoms with E-state index in [-0.39, 0.29) is 123 Å². The Balaban J connectivity index is 0.561. The Morgan fingerprint density at radius 3 is 0.890 bits per heavy atom. The number of ether oxygens (including phenoxy) is 7. The van der Waals surface area contributed by atoms with Crippen LogP contribution in [-0.2, 0) is 184 Å². The van der Waals surface area contributed by atoms with Gasteiger partial charge in [0, 0.05) is 87.3 Å². The first-order chi connectivity index (χ1) is 69.1. The molecular formula is C72H87N27O33P7S7-7. The second-order valence-corrected chi connectivity index (χ2v) is 52.9. The minimum absolute atomic E-state index is 0.00504. The van der Waals surface area contributed by atoms with E-state index in [4.69, 9.17) is 208 Å². The Hall–Kier alpha value is -7.16. The fraction of sp³-hybridized carbons (Fsp3) is 0.556. The van der Waals surface area contributed by atoms with Crippen molar-refractivity contribution >= 4 is 204 Å². The zero-order valence-corrected chi connectivity index (χ0v) is 88.1. The van der Waals surface area contributed by atoms with Crippen molar-refractivity contribution < 1.29 is 130 Å². The maximum absolute atomic E-state index is 15.1. The fourth-order valence-corrected chi connectivity index (χ4v) is 26.9. The number of imidazole rings is 4. The van der Waals surface area contributed by atoms with Crippen molar-refractivity contribution in [3.63, 3.8) is 0 Å². The first kappa shape index (κ1) is 109. The summed E-state index contributed by atoms with van der Waals surface area (Å²) < 4.78 is 151. The predicted octanol–water partition coefficient (Wildman–Crippen LogP) is -1.43. The summed E-state index contributed by atoms with van der Waals surface area (Å²) in [6.07, 6.45) is -14.7. The average Bonchev–Trinajstić information content (AvgIpc) is 1.64. The smallest absolute Gasteiger partial charge is 0.351 e. The second kappa shape index (κ2) is 43.8. The highest BCUT2D eigenvalue weighted by atomic mass is 32.7. The molecule has 0 aliphatic carbocycles. The molecule has 14 unspecified atom stereocenters. The lowest BCUT2D eigenvalue weighted by atomic mass is 10.1. The average molecular weight is 2300 g/mol. The zero-order chi connectivity index (χ0) is 104. The Labute approximate surface area is 857 Å². The molecule has 0 saturated carbocycles. The largest absolute Gasteiger partial charge is 0.780 e. The predicted molar refractivity (Wildman–Crippen MR) is 516 cm³/mol. The van der Waals surface area contributed by atoms with Gasteiger partial charge in [-0.1, -0.05) is 77.8 Å². The lowest BCUT2D eigenvalue weighted by molar-refractivity contribution is -0.221. The van der Waals surface area contributed by atoms with Crippen LogP contribution in [0, 0.1) is 20.8 Å². The van der Waals surface area contributed by atoms with Crippen LogP contribution in [-0.4, -0.2) is 239 Å². The normalized spacial score (nSPS) is 29.5. The summed E-state index contributed by atoms with van der Waals surface area (Å²) in [5.41, 5.74) is 28.8. The summed E-state index contributed by atoms with van der Waals surface area (Å²) in [7, 11) is 1.04. The monoisotopic (exact) mass is 2300 g/mol. The second-order valence-electron chi connectivity index (χ2n) is 33.8. The standard InChI is InChI=1S/C72H94N27O33P7S7/c1-6-34-35(7-48(119-34)94-15-32(3)68(100)91-71(94)103)127-134(106,141)113-19-44-38(10-51(122-44)96-27-86-55-60(74)78-23-82-64(55)96)131-138(110,145)117-22-47-40(12-53(125-47)98-29-88-57-62(76)80-25-84-66(57)98)130-137(109,144)115-18-43-37(9-49(121-43)93-14-31(2)59(73)90-70(93)102)128-135(107,142)116-20-45-41(13-54(123-45)99-30-89-58-63(77)81-26-85-67(58)99)132-139(111,146)118-21-46-39(11-52(124-46)97-28-87-56-61(75)79-24-83-65(56)97)129-136(108,143)114-17-42-36(126-133(105,140)112-5)8-50(120-42)95-16-33(4)69(101)92-72(95)104/h14-16,23-30,34-54H,6-13,17-22H2,1-5H3,(H,105,140)(H,106,141)(H,107,142)(H,108,143)(H,109,144)(H,110,145)(H,111,146)(H2,73,90,102)(H2,74,78,82)(H2,75,79,83)(H2,76,80,84)(H2,77,81,85)(H,91,100,103)(H,92,101,104)/p-7/t34-,35?,36?,37?,38?,39?,40?,41?,42-,43-,44-,45-,46-,47-,48-,49-,50-,51-,52-,53-,54-,133?,134?,135?,136?,137?,138?,139?/m1/s1. The summed E-state index contributed by atoms with van der Waals surface area (Å²) in [6.45, 7) is -31.8. The summed E-state index contributed by atoms with van der Waals surface area (Å²) in [6, 6.07) is 0. The fourth-order valence-electron chi connectivity index (χ4n) is 17.2. The van der Waals surface area contributed by atoms with Crippen LogP contribution in [0.25, 0.3) is 44.7 Å². The van der Waals surface area contributed by atoms with Crippen LogP contribution in [0.2, 0.25) is 0 Å². The third-order valence-electron chi connectivity index (χ3n) is 24.3. The van der Waals surface area contributed by atoms with E-state index in [0.717, 1.165) is 35.2 Å². The molecule has 0 aromatic carbocycles. The quantitative estimate of drug-likeness (QED) is 0.0171. The first-order valence-electron chi connectivity index (χ1n) is 43.8. The van der Waals surface area contributed by atoms with Crippen molar-refractivity contribution in [2.75, 3.05) is 75.4 Å². The van der Waals surface area contributed by atoms with Crippen LogP contribution in [0.15, 0.2) is 93.2 Å². The lowest BCUT2D eigenvalue weighted by Gasteiger charge is -2.36. The summed E-state index contributed by atoms with van der Waals surface area (Å²) in [5, 5.41) is 0. The Morgan fingerprint density at radius 1 is 0.356 bits per heavy atom. The van der Waals surface area contributed by atoms with E-state index in [1.54, 1.807) is 13.8 Å². The molecule has 60 nitrogen and oxygen atoms in total. The van der Waals surface area contributed by atoms with Crippen LogP contribution in [0.1, 0.15) is 119 Å². The molecule has 18 rings (SSSR count). The van der Waals surface area contributed by atoms with Gasteiger partial charge in [0.1, 0.15) is 174 Å². The molecule has 0 spiro atoms. The van der Waals surface area contributed by atoms with E-state index in [1.807, 2.05) is 0 Å². The van der Waals surface area contributed by atoms with Gasteiger partial charge < -0.3 is 167 Å². The minimum atomic E-state index is -5.00. The molecule has 74 heteroatoms. The number of nitrogens with zero attached hydrogens (tertiary/aromatic N) is 20. The van der Waals surface area contributed by atoms with Crippen molar-refractivity contribution in [3.8, 4) is 0 Å². The van der Waals surface area contributed by atoms with E-state index in [9.17, 15) is 48.1 Å². The van der Waals surface area contributed by atoms with Crippen LogP contribution in [0.5, 0.6) is 0 Å². The molecule has 11 aromatic rings. The molecule has 0 bridgehead atoms. The maximum atomic E-state index is 15.1. The molecule has 146 heavy (non-hydrogen) atoms. The third-order valence-corrected chi connectivity index (χ3v) is 35.4. The van der Waals surface area contributed by atoms with Gasteiger partial charge >= 0.3 is 17.1 Å². The molecule has 11 aromatic heterocycles. The minimum Gasteiger partial charge on any atom is -0.780 e. The third kappa shape index (κ3) is 24.5. The number of anilines is 5. The van der Waals surface area contributed by atoms with E-state index < -0.39 is 250 Å². The number of nitrogens with one attached hydrogen (secondary N) is 2. The number of aromatic amines is 2. The molecule has 0 amide bonds. The first-order valence-corrected chi connectivity index (χ1v) is 61.7. The number of aryl methyl sites for hydroxylation is 3. The van der Waals surface area contributed by atoms with Crippen molar-refractivity contribution in [1.82, 2.24) is 107 Å². The molecule has 7 aliphatic rings. The molecule has 7 saturated heterocycles. The number of H-pyrrole nitrogens is 2.